The van der Waals surface area contributed by atoms with Gasteiger partial charge in [-0.3, -0.25) is 14.4 Å². The third-order valence-electron chi connectivity index (χ3n) is 5.39. The topological polar surface area (TPSA) is 79.0 Å². The normalized spacial score (nSPS) is 13.2. The standard InChI is InChI=1S/C24H28ClN3O4/c1-3-27(4-2)23(30)16-32-21-11-10-19(14-20(21)25)26-24(31)18-8-5-7-17(13-18)15-28-12-6-9-22(28)29/h5,7-8,10-11,13-14H,3-4,6,9,12,15-16H2,1-2H3,(H,26,31). The lowest BCUT2D eigenvalue weighted by Gasteiger charge is -2.19. The number of carbonyl (C=O) groups excluding carboxylic acids is 3. The molecule has 0 radical (unpaired) electrons. The Morgan fingerprint density at radius 2 is 1.94 bits per heavy atom. The maximum Gasteiger partial charge on any atom is 0.260 e. The van der Waals surface area contributed by atoms with Crippen LogP contribution in [0.1, 0.15) is 42.6 Å². The Morgan fingerprint density at radius 1 is 1.16 bits per heavy atom. The van der Waals surface area contributed by atoms with Gasteiger partial charge in [0.15, 0.2) is 6.61 Å². The highest BCUT2D eigenvalue weighted by Crippen LogP contribution is 2.28. The number of carbonyl (C=O) groups is 3. The molecule has 3 amide bonds. The molecule has 2 aromatic carbocycles. The van der Waals surface area contributed by atoms with Crippen molar-refractivity contribution < 1.29 is 19.1 Å². The minimum atomic E-state index is -0.277. The second-order valence-electron chi connectivity index (χ2n) is 7.57. The van der Waals surface area contributed by atoms with E-state index in [1.54, 1.807) is 40.1 Å². The van der Waals surface area contributed by atoms with Crippen molar-refractivity contribution in [3.05, 3.63) is 58.6 Å². The first-order valence-electron chi connectivity index (χ1n) is 10.8. The van der Waals surface area contributed by atoms with Crippen molar-refractivity contribution >= 4 is 35.0 Å². The first-order chi connectivity index (χ1) is 15.4. The van der Waals surface area contributed by atoms with E-state index < -0.39 is 0 Å². The number of benzene rings is 2. The predicted octanol–water partition coefficient (Wildman–Crippen LogP) is 3.96. The molecule has 0 saturated carbocycles. The molecule has 7 nitrogen and oxygen atoms in total. The number of amides is 3. The minimum Gasteiger partial charge on any atom is -0.482 e. The molecule has 1 aliphatic rings. The lowest BCUT2D eigenvalue weighted by molar-refractivity contribution is -0.133. The van der Waals surface area contributed by atoms with Gasteiger partial charge in [-0.1, -0.05) is 23.7 Å². The van der Waals surface area contributed by atoms with E-state index in [1.165, 1.54) is 0 Å². The Hall–Kier alpha value is -3.06. The third-order valence-corrected chi connectivity index (χ3v) is 5.69. The lowest BCUT2D eigenvalue weighted by atomic mass is 10.1. The summed E-state index contributed by atoms with van der Waals surface area (Å²) < 4.78 is 5.55. The van der Waals surface area contributed by atoms with E-state index in [4.69, 9.17) is 16.3 Å². The van der Waals surface area contributed by atoms with Crippen LogP contribution < -0.4 is 10.1 Å². The van der Waals surface area contributed by atoms with Crippen LogP contribution in [0.25, 0.3) is 0 Å². The number of nitrogens with zero attached hydrogens (tertiary/aromatic N) is 2. The van der Waals surface area contributed by atoms with Crippen molar-refractivity contribution in [2.45, 2.75) is 33.2 Å². The smallest absolute Gasteiger partial charge is 0.260 e. The molecule has 1 N–H and O–H groups in total. The number of halogens is 1. The number of ether oxygens (including phenoxy) is 1. The number of hydrogen-bond acceptors (Lipinski definition) is 4. The fourth-order valence-corrected chi connectivity index (χ4v) is 3.84. The Morgan fingerprint density at radius 3 is 2.59 bits per heavy atom. The van der Waals surface area contributed by atoms with Crippen LogP contribution in [0.4, 0.5) is 5.69 Å². The second kappa shape index (κ2) is 11.0. The molecule has 1 heterocycles. The number of anilines is 1. The number of hydrogen-bond donors (Lipinski definition) is 1. The molecule has 8 heteroatoms. The molecule has 0 aromatic heterocycles. The molecule has 0 aliphatic carbocycles. The molecule has 0 spiro atoms. The molecule has 0 atom stereocenters. The van der Waals surface area contributed by atoms with Gasteiger partial charge in [-0.05, 0) is 56.2 Å². The Kier molecular flexibility index (Phi) is 8.11. The van der Waals surface area contributed by atoms with Gasteiger partial charge in [-0.2, -0.15) is 0 Å². The van der Waals surface area contributed by atoms with Crippen LogP contribution in [0.5, 0.6) is 5.75 Å². The number of likely N-dealkylation sites (N-methyl/N-ethyl adjacent to an activating group) is 1. The molecular formula is C24H28ClN3O4. The Balaban J connectivity index is 1.60. The minimum absolute atomic E-state index is 0.0978. The lowest BCUT2D eigenvalue weighted by Crippen LogP contribution is -2.34. The van der Waals surface area contributed by atoms with Gasteiger partial charge < -0.3 is 19.9 Å². The average molecular weight is 458 g/mol. The summed E-state index contributed by atoms with van der Waals surface area (Å²) in [6.07, 6.45) is 1.47. The van der Waals surface area contributed by atoms with Crippen LogP contribution in [0.2, 0.25) is 5.02 Å². The van der Waals surface area contributed by atoms with Crippen molar-refractivity contribution in [2.24, 2.45) is 0 Å². The van der Waals surface area contributed by atoms with E-state index in [0.29, 0.717) is 48.1 Å². The van der Waals surface area contributed by atoms with Gasteiger partial charge in [0.05, 0.1) is 5.02 Å². The molecular weight excluding hydrogens is 430 g/mol. The molecule has 2 aromatic rings. The van der Waals surface area contributed by atoms with Gasteiger partial charge in [0.2, 0.25) is 5.91 Å². The fraction of sp³-hybridized carbons (Fsp3) is 0.375. The largest absolute Gasteiger partial charge is 0.482 e. The summed E-state index contributed by atoms with van der Waals surface area (Å²) in [5, 5.41) is 3.12. The van der Waals surface area contributed by atoms with Gasteiger partial charge >= 0.3 is 0 Å². The van der Waals surface area contributed by atoms with Gasteiger partial charge in [0.25, 0.3) is 11.8 Å². The molecule has 1 saturated heterocycles. The van der Waals surface area contributed by atoms with Crippen LogP contribution in [0.15, 0.2) is 42.5 Å². The molecule has 1 fully saturated rings. The van der Waals surface area contributed by atoms with Crippen molar-refractivity contribution in [3.63, 3.8) is 0 Å². The first kappa shape index (κ1) is 23.6. The Bertz CT molecular complexity index is 991. The van der Waals surface area contributed by atoms with E-state index in [9.17, 15) is 14.4 Å². The number of rotatable bonds is 9. The summed E-state index contributed by atoms with van der Waals surface area (Å²) in [6.45, 7) is 6.22. The van der Waals surface area contributed by atoms with E-state index in [1.807, 2.05) is 26.0 Å². The number of likely N-dealkylation sites (tertiary alicyclic amines) is 1. The zero-order valence-electron chi connectivity index (χ0n) is 18.4. The second-order valence-corrected chi connectivity index (χ2v) is 7.98. The van der Waals surface area contributed by atoms with Crippen LogP contribution >= 0.6 is 11.6 Å². The van der Waals surface area contributed by atoms with Gasteiger partial charge in [0.1, 0.15) is 5.75 Å². The maximum absolute atomic E-state index is 12.7. The highest BCUT2D eigenvalue weighted by molar-refractivity contribution is 6.32. The summed E-state index contributed by atoms with van der Waals surface area (Å²) >= 11 is 6.29. The van der Waals surface area contributed by atoms with Gasteiger partial charge in [0, 0.05) is 43.9 Å². The average Bonchev–Trinajstić information content (AvgIpc) is 3.18. The van der Waals surface area contributed by atoms with Crippen LogP contribution in [0.3, 0.4) is 0 Å². The van der Waals surface area contributed by atoms with E-state index in [2.05, 4.69) is 5.32 Å². The zero-order chi connectivity index (χ0) is 23.1. The van der Waals surface area contributed by atoms with Crippen LogP contribution in [0, 0.1) is 0 Å². The predicted molar refractivity (Wildman–Crippen MR) is 124 cm³/mol. The molecule has 32 heavy (non-hydrogen) atoms. The van der Waals surface area contributed by atoms with Crippen molar-refractivity contribution in [2.75, 3.05) is 31.6 Å². The summed E-state index contributed by atoms with van der Waals surface area (Å²) in [5.74, 6) is 0.137. The number of nitrogens with one attached hydrogen (secondary N) is 1. The summed E-state index contributed by atoms with van der Waals surface area (Å²) in [6, 6.07) is 12.1. The first-order valence-corrected chi connectivity index (χ1v) is 11.2. The van der Waals surface area contributed by atoms with Crippen molar-refractivity contribution in [1.29, 1.82) is 0 Å². The summed E-state index contributed by atoms with van der Waals surface area (Å²) in [5.41, 5.74) is 1.92. The monoisotopic (exact) mass is 457 g/mol. The zero-order valence-corrected chi connectivity index (χ0v) is 19.2. The maximum atomic E-state index is 12.7. The van der Waals surface area contributed by atoms with Crippen LogP contribution in [-0.4, -0.2) is 53.8 Å². The molecule has 1 aliphatic heterocycles. The van der Waals surface area contributed by atoms with Crippen molar-refractivity contribution in [1.82, 2.24) is 9.80 Å². The van der Waals surface area contributed by atoms with E-state index in [0.717, 1.165) is 18.5 Å². The quantitative estimate of drug-likeness (QED) is 0.618. The molecule has 3 rings (SSSR count). The summed E-state index contributed by atoms with van der Waals surface area (Å²) in [7, 11) is 0. The molecule has 0 unspecified atom stereocenters. The van der Waals surface area contributed by atoms with Gasteiger partial charge in [-0.25, -0.2) is 0 Å². The third kappa shape index (κ3) is 6.01. The SMILES string of the molecule is CCN(CC)C(=O)COc1ccc(NC(=O)c2cccc(CN3CCCC3=O)c2)cc1Cl. The summed E-state index contributed by atoms with van der Waals surface area (Å²) in [4.78, 5) is 40.1. The molecule has 0 bridgehead atoms. The van der Waals surface area contributed by atoms with E-state index in [-0.39, 0.29) is 24.3 Å². The van der Waals surface area contributed by atoms with Gasteiger partial charge in [-0.15, -0.1) is 0 Å². The fourth-order valence-electron chi connectivity index (χ4n) is 3.61. The molecule has 170 valence electrons. The van der Waals surface area contributed by atoms with Crippen molar-refractivity contribution in [3.8, 4) is 5.75 Å². The van der Waals surface area contributed by atoms with Crippen LogP contribution in [-0.2, 0) is 16.1 Å². The highest BCUT2D eigenvalue weighted by atomic mass is 35.5. The highest BCUT2D eigenvalue weighted by Gasteiger charge is 2.20. The van der Waals surface area contributed by atoms with E-state index >= 15 is 0 Å². The Labute approximate surface area is 193 Å².